The van der Waals surface area contributed by atoms with Gasteiger partial charge in [-0.3, -0.25) is 4.79 Å². The fourth-order valence-electron chi connectivity index (χ4n) is 2.45. The summed E-state index contributed by atoms with van der Waals surface area (Å²) in [7, 11) is 1.33. The van der Waals surface area contributed by atoms with Crippen LogP contribution in [-0.2, 0) is 16.1 Å². The van der Waals surface area contributed by atoms with E-state index in [0.717, 1.165) is 5.56 Å². The minimum Gasteiger partial charge on any atom is -0.465 e. The number of hydrogen-bond donors (Lipinski definition) is 2. The molecule has 0 aliphatic carbocycles. The van der Waals surface area contributed by atoms with Crippen molar-refractivity contribution in [2.45, 2.75) is 26.3 Å². The van der Waals surface area contributed by atoms with Gasteiger partial charge in [0, 0.05) is 18.4 Å². The minimum atomic E-state index is -0.478. The molecule has 0 atom stereocenters. The Bertz CT molecular complexity index is 892. The van der Waals surface area contributed by atoms with Crippen LogP contribution >= 0.6 is 0 Å². The van der Waals surface area contributed by atoms with Crippen molar-refractivity contribution in [3.63, 3.8) is 0 Å². The van der Waals surface area contributed by atoms with E-state index in [1.54, 1.807) is 24.3 Å². The largest absolute Gasteiger partial charge is 0.465 e. The average molecular weight is 377 g/mol. The average Bonchev–Trinajstić information content (AvgIpc) is 2.71. The summed E-state index contributed by atoms with van der Waals surface area (Å²) in [4.78, 5) is 23.7. The zero-order chi connectivity index (χ0) is 20.5. The Morgan fingerprint density at radius 2 is 1.75 bits per heavy atom. The highest BCUT2D eigenvalue weighted by atomic mass is 16.5. The number of amides is 1. The number of anilines is 1. The van der Waals surface area contributed by atoms with Gasteiger partial charge < -0.3 is 15.4 Å². The number of nitrogens with zero attached hydrogens (tertiary/aromatic N) is 1. The van der Waals surface area contributed by atoms with E-state index in [9.17, 15) is 14.9 Å². The highest BCUT2D eigenvalue weighted by Crippen LogP contribution is 2.17. The molecule has 2 rings (SSSR count). The van der Waals surface area contributed by atoms with Crippen molar-refractivity contribution in [3.05, 3.63) is 77.0 Å². The second-order valence-corrected chi connectivity index (χ2v) is 6.47. The summed E-state index contributed by atoms with van der Waals surface area (Å²) in [6.07, 6.45) is 1.38. The molecular weight excluding hydrogens is 354 g/mol. The molecule has 2 aromatic carbocycles. The van der Waals surface area contributed by atoms with Crippen LogP contribution < -0.4 is 10.6 Å². The van der Waals surface area contributed by atoms with E-state index in [1.807, 2.05) is 30.3 Å². The third kappa shape index (κ3) is 5.71. The highest BCUT2D eigenvalue weighted by Gasteiger charge is 2.10. The van der Waals surface area contributed by atoms with E-state index in [0.29, 0.717) is 23.7 Å². The molecule has 0 fully saturated rings. The molecule has 2 N–H and O–H groups in total. The lowest BCUT2D eigenvalue weighted by Crippen LogP contribution is -2.16. The normalized spacial score (nSPS) is 10.9. The van der Waals surface area contributed by atoms with Gasteiger partial charge in [0.15, 0.2) is 0 Å². The Balaban J connectivity index is 1.94. The van der Waals surface area contributed by atoms with E-state index in [-0.39, 0.29) is 5.57 Å². The lowest BCUT2D eigenvalue weighted by Gasteiger charge is -2.08. The van der Waals surface area contributed by atoms with Crippen LogP contribution in [0.3, 0.4) is 0 Å². The zero-order valence-corrected chi connectivity index (χ0v) is 16.2. The smallest absolute Gasteiger partial charge is 0.337 e. The van der Waals surface area contributed by atoms with Gasteiger partial charge in [-0.15, -0.1) is 0 Å². The van der Waals surface area contributed by atoms with Gasteiger partial charge in [0.1, 0.15) is 11.6 Å². The molecule has 2 aromatic rings. The number of carbonyl (C=O) groups excluding carboxylic acids is 2. The van der Waals surface area contributed by atoms with E-state index in [4.69, 9.17) is 0 Å². The molecular formula is C22H23N3O3. The summed E-state index contributed by atoms with van der Waals surface area (Å²) in [6, 6.07) is 16.3. The van der Waals surface area contributed by atoms with E-state index >= 15 is 0 Å². The summed E-state index contributed by atoms with van der Waals surface area (Å²) < 4.78 is 4.65. The first-order chi connectivity index (χ1) is 13.4. The number of benzene rings is 2. The quantitative estimate of drug-likeness (QED) is 0.436. The Morgan fingerprint density at radius 1 is 1.11 bits per heavy atom. The molecule has 0 aromatic heterocycles. The Morgan fingerprint density at radius 3 is 2.29 bits per heavy atom. The zero-order valence-electron chi connectivity index (χ0n) is 16.2. The summed E-state index contributed by atoms with van der Waals surface area (Å²) in [5.41, 5.74) is 3.13. The Labute approximate surface area is 164 Å². The fraction of sp³-hybridized carbons (Fsp3) is 0.227. The van der Waals surface area contributed by atoms with Crippen molar-refractivity contribution in [3.8, 4) is 6.07 Å². The van der Waals surface area contributed by atoms with Gasteiger partial charge in [-0.25, -0.2) is 4.79 Å². The van der Waals surface area contributed by atoms with Gasteiger partial charge in [-0.2, -0.15) is 5.26 Å². The molecule has 0 saturated heterocycles. The molecule has 0 aliphatic heterocycles. The molecule has 6 heteroatoms. The van der Waals surface area contributed by atoms with Crippen LogP contribution in [0.2, 0.25) is 0 Å². The van der Waals surface area contributed by atoms with Crippen molar-refractivity contribution in [2.75, 3.05) is 12.4 Å². The SMILES string of the molecule is COC(=O)c1ccc(CN/C=C(/C#N)C(=O)Nc2ccc(C(C)C)cc2)cc1. The van der Waals surface area contributed by atoms with Gasteiger partial charge >= 0.3 is 5.97 Å². The number of carbonyl (C=O) groups is 2. The number of nitriles is 1. The van der Waals surface area contributed by atoms with Gasteiger partial charge in [-0.1, -0.05) is 38.1 Å². The lowest BCUT2D eigenvalue weighted by molar-refractivity contribution is -0.112. The molecule has 0 bridgehead atoms. The number of nitrogens with one attached hydrogen (secondary N) is 2. The molecule has 144 valence electrons. The van der Waals surface area contributed by atoms with Crippen LogP contribution in [0.15, 0.2) is 60.3 Å². The maximum absolute atomic E-state index is 12.3. The maximum atomic E-state index is 12.3. The summed E-state index contributed by atoms with van der Waals surface area (Å²) >= 11 is 0. The van der Waals surface area contributed by atoms with Crippen molar-refractivity contribution in [1.29, 1.82) is 5.26 Å². The van der Waals surface area contributed by atoms with Crippen molar-refractivity contribution in [1.82, 2.24) is 5.32 Å². The van der Waals surface area contributed by atoms with Gasteiger partial charge in [-0.05, 0) is 41.3 Å². The van der Waals surface area contributed by atoms with Crippen molar-refractivity contribution in [2.24, 2.45) is 0 Å². The molecule has 1 amide bonds. The van der Waals surface area contributed by atoms with Gasteiger partial charge in [0.05, 0.1) is 12.7 Å². The second kappa shape index (κ2) is 9.93. The van der Waals surface area contributed by atoms with Crippen LogP contribution in [0.5, 0.6) is 0 Å². The molecule has 28 heavy (non-hydrogen) atoms. The first-order valence-corrected chi connectivity index (χ1v) is 8.86. The Hall–Kier alpha value is -3.59. The van der Waals surface area contributed by atoms with E-state index < -0.39 is 11.9 Å². The minimum absolute atomic E-state index is 0.0286. The third-order valence-electron chi connectivity index (χ3n) is 4.13. The topological polar surface area (TPSA) is 91.2 Å². The summed E-state index contributed by atoms with van der Waals surface area (Å²) in [6.45, 7) is 4.60. The summed E-state index contributed by atoms with van der Waals surface area (Å²) in [5.74, 6) is -0.470. The molecule has 0 saturated carbocycles. The number of methoxy groups -OCH3 is 1. The van der Waals surface area contributed by atoms with Gasteiger partial charge in [0.2, 0.25) is 0 Å². The molecule has 0 aliphatic rings. The standard InChI is InChI=1S/C22H23N3O3/c1-15(2)17-8-10-20(11-9-17)25-21(26)19(12-23)14-24-13-16-4-6-18(7-5-16)22(27)28-3/h4-11,14-15,24H,13H2,1-3H3,(H,25,26)/b19-14-. The fourth-order valence-corrected chi connectivity index (χ4v) is 2.45. The molecule has 0 radical (unpaired) electrons. The summed E-state index contributed by atoms with van der Waals surface area (Å²) in [5, 5.41) is 14.9. The first kappa shape index (κ1) is 20.7. The molecule has 0 spiro atoms. The predicted molar refractivity (Wildman–Crippen MR) is 107 cm³/mol. The Kier molecular flexibility index (Phi) is 7.35. The number of hydrogen-bond acceptors (Lipinski definition) is 5. The first-order valence-electron chi connectivity index (χ1n) is 8.86. The van der Waals surface area contributed by atoms with Crippen molar-refractivity contribution < 1.29 is 14.3 Å². The third-order valence-corrected chi connectivity index (χ3v) is 4.13. The number of rotatable bonds is 7. The van der Waals surface area contributed by atoms with Crippen molar-refractivity contribution >= 4 is 17.6 Å². The molecule has 6 nitrogen and oxygen atoms in total. The van der Waals surface area contributed by atoms with Crippen LogP contribution in [0, 0.1) is 11.3 Å². The molecule has 0 unspecified atom stereocenters. The maximum Gasteiger partial charge on any atom is 0.337 e. The number of esters is 1. The lowest BCUT2D eigenvalue weighted by atomic mass is 10.0. The van der Waals surface area contributed by atoms with E-state index in [1.165, 1.54) is 18.9 Å². The van der Waals surface area contributed by atoms with Crippen LogP contribution in [0.4, 0.5) is 5.69 Å². The van der Waals surface area contributed by atoms with Crippen LogP contribution in [0.1, 0.15) is 41.3 Å². The number of ether oxygens (including phenoxy) is 1. The monoisotopic (exact) mass is 377 g/mol. The van der Waals surface area contributed by atoms with Crippen LogP contribution in [0.25, 0.3) is 0 Å². The van der Waals surface area contributed by atoms with Gasteiger partial charge in [0.25, 0.3) is 5.91 Å². The highest BCUT2D eigenvalue weighted by molar-refractivity contribution is 6.06. The predicted octanol–water partition coefficient (Wildman–Crippen LogP) is 3.73. The molecule has 0 heterocycles. The van der Waals surface area contributed by atoms with E-state index in [2.05, 4.69) is 29.2 Å². The second-order valence-electron chi connectivity index (χ2n) is 6.47. The van der Waals surface area contributed by atoms with Crippen LogP contribution in [-0.4, -0.2) is 19.0 Å².